The molecule has 0 spiro atoms. The van der Waals surface area contributed by atoms with E-state index in [2.05, 4.69) is 10.3 Å². The summed E-state index contributed by atoms with van der Waals surface area (Å²) in [6.07, 6.45) is 9.33. The van der Waals surface area contributed by atoms with E-state index in [1.807, 2.05) is 0 Å². The first kappa shape index (κ1) is 12.1. The average molecular weight is 273 g/mol. The molecule has 5 nitrogen and oxygen atoms in total. The molecule has 1 aromatic heterocycles. The first-order chi connectivity index (χ1) is 9.62. The second-order valence-corrected chi connectivity index (χ2v) is 6.98. The minimum absolute atomic E-state index is 0.0565. The molecule has 4 aliphatic carbocycles. The number of pyridine rings is 1. The van der Waals surface area contributed by atoms with E-state index in [1.54, 1.807) is 6.07 Å². The summed E-state index contributed by atoms with van der Waals surface area (Å²) in [5.41, 5.74) is 0.263. The Kier molecular flexibility index (Phi) is 2.53. The van der Waals surface area contributed by atoms with E-state index in [0.29, 0.717) is 0 Å². The lowest BCUT2D eigenvalue weighted by molar-refractivity contribution is -0.385. The Labute approximate surface area is 117 Å². The fourth-order valence-corrected chi connectivity index (χ4v) is 5.10. The van der Waals surface area contributed by atoms with Crippen LogP contribution in [0.1, 0.15) is 38.5 Å². The van der Waals surface area contributed by atoms with E-state index < -0.39 is 4.92 Å². The Morgan fingerprint density at radius 3 is 2.20 bits per heavy atom. The summed E-state index contributed by atoms with van der Waals surface area (Å²) in [6, 6.07) is 3.28. The average Bonchev–Trinajstić information content (AvgIpc) is 2.37. The molecule has 1 N–H and O–H groups in total. The van der Waals surface area contributed by atoms with Gasteiger partial charge in [-0.25, -0.2) is 4.98 Å². The van der Waals surface area contributed by atoms with Gasteiger partial charge >= 0.3 is 0 Å². The van der Waals surface area contributed by atoms with E-state index in [-0.39, 0.29) is 11.2 Å². The number of anilines is 1. The van der Waals surface area contributed by atoms with Crippen molar-refractivity contribution >= 4 is 11.5 Å². The second-order valence-electron chi connectivity index (χ2n) is 6.98. The van der Waals surface area contributed by atoms with E-state index in [1.165, 1.54) is 50.8 Å². The van der Waals surface area contributed by atoms with Crippen LogP contribution in [0.4, 0.5) is 11.5 Å². The standard InChI is InChI=1S/C15H19N3O2/c19-18(20)13-1-2-14(16-9-13)17-15-6-10-3-11(7-15)5-12(4-10)8-15/h1-2,9-12H,3-8H2,(H,16,17). The molecule has 0 atom stereocenters. The van der Waals surface area contributed by atoms with Gasteiger partial charge in [0.25, 0.3) is 5.69 Å². The Balaban J connectivity index is 1.55. The zero-order valence-electron chi connectivity index (χ0n) is 11.4. The van der Waals surface area contributed by atoms with E-state index >= 15 is 0 Å². The van der Waals surface area contributed by atoms with Gasteiger partial charge in [-0.15, -0.1) is 0 Å². The predicted octanol–water partition coefficient (Wildman–Crippen LogP) is 3.37. The van der Waals surface area contributed by atoms with Crippen molar-refractivity contribution in [2.75, 3.05) is 5.32 Å². The first-order valence-corrected chi connectivity index (χ1v) is 7.50. The van der Waals surface area contributed by atoms with Crippen LogP contribution in [0.25, 0.3) is 0 Å². The van der Waals surface area contributed by atoms with Gasteiger partial charge in [0.15, 0.2) is 0 Å². The lowest BCUT2D eigenvalue weighted by Crippen LogP contribution is -2.54. The maximum Gasteiger partial charge on any atom is 0.287 e. The van der Waals surface area contributed by atoms with Gasteiger partial charge in [-0.2, -0.15) is 0 Å². The maximum atomic E-state index is 10.7. The van der Waals surface area contributed by atoms with Gasteiger partial charge in [0.2, 0.25) is 0 Å². The number of nitrogens with zero attached hydrogens (tertiary/aromatic N) is 2. The van der Waals surface area contributed by atoms with Crippen LogP contribution in [-0.4, -0.2) is 15.4 Å². The highest BCUT2D eigenvalue weighted by Crippen LogP contribution is 2.56. The second kappa shape index (κ2) is 4.17. The molecule has 20 heavy (non-hydrogen) atoms. The summed E-state index contributed by atoms with van der Waals surface area (Å²) in [7, 11) is 0. The number of rotatable bonds is 3. The third kappa shape index (κ3) is 1.96. The molecule has 1 aromatic rings. The van der Waals surface area contributed by atoms with Crippen LogP contribution < -0.4 is 5.32 Å². The lowest BCUT2D eigenvalue weighted by atomic mass is 9.53. The van der Waals surface area contributed by atoms with Crippen molar-refractivity contribution in [3.8, 4) is 0 Å². The summed E-state index contributed by atoms with van der Waals surface area (Å²) in [5.74, 6) is 3.43. The summed E-state index contributed by atoms with van der Waals surface area (Å²) in [4.78, 5) is 14.5. The van der Waals surface area contributed by atoms with Crippen LogP contribution in [-0.2, 0) is 0 Å². The Morgan fingerprint density at radius 2 is 1.75 bits per heavy atom. The number of nitro groups is 1. The van der Waals surface area contributed by atoms with Crippen LogP contribution >= 0.6 is 0 Å². The molecule has 5 rings (SSSR count). The van der Waals surface area contributed by atoms with Gasteiger partial charge in [-0.3, -0.25) is 10.1 Å². The molecule has 0 saturated heterocycles. The van der Waals surface area contributed by atoms with E-state index in [4.69, 9.17) is 0 Å². The molecule has 1 heterocycles. The molecule has 0 aliphatic heterocycles. The number of aromatic nitrogens is 1. The third-order valence-corrected chi connectivity index (χ3v) is 5.39. The Bertz CT molecular complexity index is 505. The minimum Gasteiger partial charge on any atom is -0.365 e. The van der Waals surface area contributed by atoms with Crippen molar-refractivity contribution in [2.45, 2.75) is 44.1 Å². The molecule has 0 amide bonds. The summed E-state index contributed by atoms with van der Waals surface area (Å²) >= 11 is 0. The van der Waals surface area contributed by atoms with Crippen molar-refractivity contribution in [1.29, 1.82) is 0 Å². The molecule has 4 fully saturated rings. The zero-order valence-corrected chi connectivity index (χ0v) is 11.4. The van der Waals surface area contributed by atoms with Gasteiger partial charge < -0.3 is 5.32 Å². The molecule has 5 heteroatoms. The summed E-state index contributed by atoms with van der Waals surface area (Å²) in [5, 5.41) is 14.3. The monoisotopic (exact) mass is 273 g/mol. The van der Waals surface area contributed by atoms with Gasteiger partial charge in [0, 0.05) is 11.6 Å². The van der Waals surface area contributed by atoms with Crippen molar-refractivity contribution in [3.63, 3.8) is 0 Å². The minimum atomic E-state index is -0.401. The highest BCUT2D eigenvalue weighted by atomic mass is 16.6. The fraction of sp³-hybridized carbons (Fsp3) is 0.667. The predicted molar refractivity (Wildman–Crippen MR) is 75.4 cm³/mol. The fourth-order valence-electron chi connectivity index (χ4n) is 5.10. The molecular weight excluding hydrogens is 254 g/mol. The van der Waals surface area contributed by atoms with E-state index in [9.17, 15) is 10.1 Å². The van der Waals surface area contributed by atoms with Crippen molar-refractivity contribution in [3.05, 3.63) is 28.4 Å². The van der Waals surface area contributed by atoms with Crippen molar-refractivity contribution < 1.29 is 4.92 Å². The molecule has 106 valence electrons. The quantitative estimate of drug-likeness (QED) is 0.677. The van der Waals surface area contributed by atoms with Crippen molar-refractivity contribution in [1.82, 2.24) is 4.98 Å². The number of nitrogens with one attached hydrogen (secondary N) is 1. The smallest absolute Gasteiger partial charge is 0.287 e. The molecular formula is C15H19N3O2. The molecule has 4 aliphatic rings. The topological polar surface area (TPSA) is 68.1 Å². The summed E-state index contributed by atoms with van der Waals surface area (Å²) < 4.78 is 0. The lowest BCUT2D eigenvalue weighted by Gasteiger charge is -2.57. The largest absolute Gasteiger partial charge is 0.365 e. The zero-order chi connectivity index (χ0) is 13.7. The molecule has 4 saturated carbocycles. The highest BCUT2D eigenvalue weighted by Gasteiger charge is 2.51. The first-order valence-electron chi connectivity index (χ1n) is 7.50. The van der Waals surface area contributed by atoms with Gasteiger partial charge in [0.1, 0.15) is 12.0 Å². The van der Waals surface area contributed by atoms with Gasteiger partial charge in [-0.1, -0.05) is 0 Å². The van der Waals surface area contributed by atoms with Gasteiger partial charge in [0.05, 0.1) is 4.92 Å². The SMILES string of the molecule is O=[N+]([O-])c1ccc(NC23CC4CC(CC(C4)C2)C3)nc1. The maximum absolute atomic E-state index is 10.7. The van der Waals surface area contributed by atoms with Crippen molar-refractivity contribution in [2.24, 2.45) is 17.8 Å². The number of hydrogen-bond donors (Lipinski definition) is 1. The normalized spacial score (nSPS) is 37.9. The van der Waals surface area contributed by atoms with Crippen LogP contribution in [0, 0.1) is 27.9 Å². The van der Waals surface area contributed by atoms with E-state index in [0.717, 1.165) is 23.6 Å². The van der Waals surface area contributed by atoms with Crippen LogP contribution in [0.5, 0.6) is 0 Å². The molecule has 0 aromatic carbocycles. The van der Waals surface area contributed by atoms with Crippen LogP contribution in [0.15, 0.2) is 18.3 Å². The third-order valence-electron chi connectivity index (χ3n) is 5.39. The molecule has 0 unspecified atom stereocenters. The molecule has 4 bridgehead atoms. The number of hydrogen-bond acceptors (Lipinski definition) is 4. The Morgan fingerprint density at radius 1 is 1.15 bits per heavy atom. The molecule has 0 radical (unpaired) electrons. The van der Waals surface area contributed by atoms with Crippen LogP contribution in [0.2, 0.25) is 0 Å². The summed E-state index contributed by atoms with van der Waals surface area (Å²) in [6.45, 7) is 0. The highest BCUT2D eigenvalue weighted by molar-refractivity contribution is 5.43. The Hall–Kier alpha value is -1.65. The van der Waals surface area contributed by atoms with Gasteiger partial charge in [-0.05, 0) is 62.3 Å². The van der Waals surface area contributed by atoms with Crippen LogP contribution in [0.3, 0.4) is 0 Å².